The van der Waals surface area contributed by atoms with Crippen molar-refractivity contribution < 1.29 is 0 Å². The van der Waals surface area contributed by atoms with Gasteiger partial charge in [-0.3, -0.25) is 4.98 Å². The van der Waals surface area contributed by atoms with E-state index < -0.39 is 0 Å². The summed E-state index contributed by atoms with van der Waals surface area (Å²) < 4.78 is 0. The van der Waals surface area contributed by atoms with E-state index in [1.807, 2.05) is 13.2 Å². The predicted octanol–water partition coefficient (Wildman–Crippen LogP) is 2.77. The number of nitrogens with zero attached hydrogens (tertiary/aromatic N) is 3. The lowest BCUT2D eigenvalue weighted by molar-refractivity contribution is 0.872. The van der Waals surface area contributed by atoms with E-state index in [2.05, 4.69) is 59.3 Å². The van der Waals surface area contributed by atoms with Gasteiger partial charge in [-0.1, -0.05) is 6.07 Å². The van der Waals surface area contributed by atoms with E-state index in [1.54, 1.807) is 6.20 Å². The summed E-state index contributed by atoms with van der Waals surface area (Å²) >= 11 is 0. The third-order valence-corrected chi connectivity index (χ3v) is 3.01. The van der Waals surface area contributed by atoms with Gasteiger partial charge in [-0.2, -0.15) is 0 Å². The first-order chi connectivity index (χ1) is 9.08. The molecule has 0 amide bonds. The van der Waals surface area contributed by atoms with Crippen LogP contribution in [0.4, 0.5) is 11.5 Å². The van der Waals surface area contributed by atoms with Gasteiger partial charge in [0.15, 0.2) is 0 Å². The maximum absolute atomic E-state index is 4.39. The molecule has 100 valence electrons. The number of anilines is 2. The number of hydrogen-bond acceptors (Lipinski definition) is 4. The van der Waals surface area contributed by atoms with Crippen molar-refractivity contribution in [3.05, 3.63) is 47.4 Å². The summed E-state index contributed by atoms with van der Waals surface area (Å²) in [4.78, 5) is 10.9. The number of hydrogen-bond donors (Lipinski definition) is 1. The van der Waals surface area contributed by atoms with Crippen LogP contribution in [0.3, 0.4) is 0 Å². The Morgan fingerprint density at radius 1 is 1.05 bits per heavy atom. The van der Waals surface area contributed by atoms with Crippen molar-refractivity contribution in [1.82, 2.24) is 9.97 Å². The molecule has 1 N–H and O–H groups in total. The van der Waals surface area contributed by atoms with Crippen LogP contribution in [0.15, 0.2) is 30.6 Å². The molecule has 0 unspecified atom stereocenters. The van der Waals surface area contributed by atoms with E-state index in [-0.39, 0.29) is 0 Å². The molecule has 0 radical (unpaired) electrons. The molecule has 2 rings (SSSR count). The third-order valence-electron chi connectivity index (χ3n) is 3.01. The predicted molar refractivity (Wildman–Crippen MR) is 79.6 cm³/mol. The second-order valence-electron chi connectivity index (χ2n) is 4.84. The van der Waals surface area contributed by atoms with E-state index in [0.29, 0.717) is 0 Å². The minimum atomic E-state index is 0.750. The zero-order valence-electron chi connectivity index (χ0n) is 11.9. The Hall–Kier alpha value is -2.10. The minimum Gasteiger partial charge on any atom is -0.372 e. The monoisotopic (exact) mass is 256 g/mol. The molecule has 19 heavy (non-hydrogen) atoms. The number of aromatic nitrogens is 2. The Bertz CT molecular complexity index is 528. The lowest BCUT2D eigenvalue weighted by atomic mass is 10.1. The summed E-state index contributed by atoms with van der Waals surface area (Å²) in [6, 6.07) is 6.55. The van der Waals surface area contributed by atoms with Crippen molar-refractivity contribution >= 4 is 11.5 Å². The van der Waals surface area contributed by atoms with E-state index in [1.165, 1.54) is 16.8 Å². The second-order valence-corrected chi connectivity index (χ2v) is 4.84. The average molecular weight is 256 g/mol. The van der Waals surface area contributed by atoms with Crippen LogP contribution >= 0.6 is 0 Å². The van der Waals surface area contributed by atoms with Crippen molar-refractivity contribution in [3.8, 4) is 0 Å². The van der Waals surface area contributed by atoms with Gasteiger partial charge >= 0.3 is 0 Å². The van der Waals surface area contributed by atoms with Crippen molar-refractivity contribution in [2.45, 2.75) is 20.4 Å². The molecule has 0 saturated heterocycles. The van der Waals surface area contributed by atoms with Crippen molar-refractivity contribution in [1.29, 1.82) is 0 Å². The molecule has 4 nitrogen and oxygen atoms in total. The van der Waals surface area contributed by atoms with Gasteiger partial charge in [0, 0.05) is 19.8 Å². The summed E-state index contributed by atoms with van der Waals surface area (Å²) in [7, 11) is 3.91. The second kappa shape index (κ2) is 5.69. The van der Waals surface area contributed by atoms with Gasteiger partial charge in [-0.25, -0.2) is 4.98 Å². The molecular formula is C15H20N4. The molecule has 1 heterocycles. The summed E-state index contributed by atoms with van der Waals surface area (Å²) in [5, 5.41) is 2.97. The van der Waals surface area contributed by atoms with Crippen LogP contribution in [0.1, 0.15) is 16.8 Å². The van der Waals surface area contributed by atoms with Crippen molar-refractivity contribution in [2.75, 3.05) is 24.3 Å². The van der Waals surface area contributed by atoms with Crippen LogP contribution in [0.25, 0.3) is 0 Å². The van der Waals surface area contributed by atoms with Crippen LogP contribution in [-0.4, -0.2) is 24.1 Å². The van der Waals surface area contributed by atoms with E-state index in [9.17, 15) is 0 Å². The van der Waals surface area contributed by atoms with Gasteiger partial charge in [0.05, 0.1) is 24.6 Å². The minimum absolute atomic E-state index is 0.750. The topological polar surface area (TPSA) is 41.1 Å². The van der Waals surface area contributed by atoms with Gasteiger partial charge in [0.25, 0.3) is 0 Å². The number of nitrogens with one attached hydrogen (secondary N) is 1. The highest BCUT2D eigenvalue weighted by Gasteiger charge is 2.05. The molecule has 4 heteroatoms. The first-order valence-electron chi connectivity index (χ1n) is 6.36. The molecule has 0 atom stereocenters. The van der Waals surface area contributed by atoms with Gasteiger partial charge < -0.3 is 10.2 Å². The highest BCUT2D eigenvalue weighted by molar-refractivity contribution is 5.50. The largest absolute Gasteiger partial charge is 0.372 e. The summed E-state index contributed by atoms with van der Waals surface area (Å²) in [5.41, 5.74) is 4.72. The number of rotatable bonds is 4. The van der Waals surface area contributed by atoms with Gasteiger partial charge in [-0.05, 0) is 37.1 Å². The number of aryl methyl sites for hydroxylation is 2. The zero-order chi connectivity index (χ0) is 13.8. The fourth-order valence-corrected chi connectivity index (χ4v) is 2.07. The third kappa shape index (κ3) is 3.44. The molecule has 0 aliphatic heterocycles. The molecule has 0 aliphatic rings. The normalized spacial score (nSPS) is 10.3. The first kappa shape index (κ1) is 13.3. The van der Waals surface area contributed by atoms with Gasteiger partial charge in [0.1, 0.15) is 5.82 Å². The molecule has 2 aromatic rings. The van der Waals surface area contributed by atoms with E-state index >= 15 is 0 Å². The van der Waals surface area contributed by atoms with Crippen LogP contribution in [-0.2, 0) is 6.54 Å². The fraction of sp³-hybridized carbons (Fsp3) is 0.333. The number of benzene rings is 1. The highest BCUT2D eigenvalue weighted by Crippen LogP contribution is 2.18. The Balaban J connectivity index is 2.13. The van der Waals surface area contributed by atoms with Crippen molar-refractivity contribution in [2.24, 2.45) is 0 Å². The van der Waals surface area contributed by atoms with Crippen LogP contribution < -0.4 is 10.2 Å². The summed E-state index contributed by atoms with van der Waals surface area (Å²) in [6.07, 6.45) is 3.57. The first-order valence-corrected chi connectivity index (χ1v) is 6.36. The van der Waals surface area contributed by atoms with Gasteiger partial charge in [0.2, 0.25) is 0 Å². The Kier molecular flexibility index (Phi) is 4.00. The smallest absolute Gasteiger partial charge is 0.144 e. The molecule has 0 spiro atoms. The molecule has 1 aromatic carbocycles. The maximum atomic E-state index is 4.39. The molecule has 0 aliphatic carbocycles. The molecule has 0 saturated carbocycles. The lowest BCUT2D eigenvalue weighted by Crippen LogP contribution is -2.17. The molecule has 1 aromatic heterocycles. The summed E-state index contributed by atoms with van der Waals surface area (Å²) in [6.45, 7) is 4.98. The zero-order valence-corrected chi connectivity index (χ0v) is 11.9. The maximum Gasteiger partial charge on any atom is 0.144 e. The van der Waals surface area contributed by atoms with E-state index in [0.717, 1.165) is 18.1 Å². The van der Waals surface area contributed by atoms with Crippen LogP contribution in [0.5, 0.6) is 0 Å². The van der Waals surface area contributed by atoms with Crippen molar-refractivity contribution in [3.63, 3.8) is 0 Å². The Morgan fingerprint density at radius 3 is 2.26 bits per heavy atom. The molecule has 0 bridgehead atoms. The average Bonchev–Trinajstić information content (AvgIpc) is 2.38. The molecular weight excluding hydrogens is 236 g/mol. The van der Waals surface area contributed by atoms with Gasteiger partial charge in [-0.15, -0.1) is 0 Å². The van der Waals surface area contributed by atoms with Crippen LogP contribution in [0.2, 0.25) is 0 Å². The standard InChI is InChI=1S/C15H20N4/c1-11-5-12(2)7-14(6-11)19(4)10-13-8-18-15(16-3)9-17-13/h5-9H,10H2,1-4H3,(H,16,18). The fourth-order valence-electron chi connectivity index (χ4n) is 2.07. The SMILES string of the molecule is CNc1cnc(CN(C)c2cc(C)cc(C)c2)cn1. The Morgan fingerprint density at radius 2 is 1.74 bits per heavy atom. The summed E-state index contributed by atoms with van der Waals surface area (Å²) in [5.74, 6) is 0.790. The molecule has 0 fully saturated rings. The Labute approximate surface area is 114 Å². The van der Waals surface area contributed by atoms with Crippen LogP contribution in [0, 0.1) is 13.8 Å². The highest BCUT2D eigenvalue weighted by atomic mass is 15.1. The lowest BCUT2D eigenvalue weighted by Gasteiger charge is -2.20. The van der Waals surface area contributed by atoms with E-state index in [4.69, 9.17) is 0 Å². The quantitative estimate of drug-likeness (QED) is 0.913.